The van der Waals surface area contributed by atoms with Crippen molar-refractivity contribution in [1.29, 1.82) is 0 Å². The first-order chi connectivity index (χ1) is 11.5. The summed E-state index contributed by atoms with van der Waals surface area (Å²) in [5.41, 5.74) is 5.12. The summed E-state index contributed by atoms with van der Waals surface area (Å²) in [6.45, 7) is 0. The number of aromatic nitrogens is 2. The van der Waals surface area contributed by atoms with Gasteiger partial charge in [0.15, 0.2) is 0 Å². The Hall–Kier alpha value is -2.13. The van der Waals surface area contributed by atoms with Crippen LogP contribution in [0.3, 0.4) is 0 Å². The lowest BCUT2D eigenvalue weighted by Gasteiger charge is -2.02. The molecule has 128 valence electrons. The zero-order chi connectivity index (χ0) is 17.5. The Morgan fingerprint density at radius 3 is 2.88 bits per heavy atom. The molecule has 0 saturated carbocycles. The van der Waals surface area contributed by atoms with E-state index in [2.05, 4.69) is 10.2 Å². The average Bonchev–Trinajstić information content (AvgIpc) is 2.94. The van der Waals surface area contributed by atoms with Gasteiger partial charge in [-0.15, -0.1) is 10.2 Å². The third-order valence-corrected chi connectivity index (χ3v) is 4.13. The highest BCUT2D eigenvalue weighted by Gasteiger charge is 2.13. The number of rotatable bonds is 7. The van der Waals surface area contributed by atoms with Gasteiger partial charge in [0.2, 0.25) is 11.8 Å². The van der Waals surface area contributed by atoms with Crippen LogP contribution in [0.5, 0.6) is 0 Å². The first-order valence-corrected chi connectivity index (χ1v) is 8.29. The van der Waals surface area contributed by atoms with Gasteiger partial charge >= 0.3 is 6.03 Å². The molecule has 10 heteroatoms. The fraction of sp³-hybridized carbons (Fsp3) is 0.286. The standard InChI is InChI=1S/C14H14ClFN4O3S/c15-9-3-1-4-10(16)8(9)7-12-19-20-14(23-12)24-6-2-5-11(21)18-13(17)22/h1,3-4H,2,5-7H2,(H3,17,18,21,22). The molecule has 2 aromatic rings. The number of carbonyl (C=O) groups excluding carboxylic acids is 2. The SMILES string of the molecule is NC(=O)NC(=O)CCCSc1nnc(Cc2c(F)cccc2Cl)o1. The molecule has 1 aromatic carbocycles. The van der Waals surface area contributed by atoms with E-state index < -0.39 is 17.8 Å². The molecule has 3 N–H and O–H groups in total. The van der Waals surface area contributed by atoms with Gasteiger partial charge in [-0.25, -0.2) is 9.18 Å². The molecule has 0 aliphatic carbocycles. The fourth-order valence-corrected chi connectivity index (χ4v) is 2.76. The van der Waals surface area contributed by atoms with Crippen molar-refractivity contribution in [1.82, 2.24) is 15.5 Å². The van der Waals surface area contributed by atoms with Gasteiger partial charge in [0.25, 0.3) is 5.22 Å². The van der Waals surface area contributed by atoms with E-state index in [0.29, 0.717) is 28.0 Å². The second kappa shape index (κ2) is 8.65. The monoisotopic (exact) mass is 372 g/mol. The van der Waals surface area contributed by atoms with E-state index in [1.165, 1.54) is 23.9 Å². The fourth-order valence-electron chi connectivity index (χ4n) is 1.81. The minimum absolute atomic E-state index is 0.0973. The van der Waals surface area contributed by atoms with Crippen molar-refractivity contribution < 1.29 is 18.4 Å². The number of hydrogen-bond acceptors (Lipinski definition) is 6. The normalized spacial score (nSPS) is 10.6. The third kappa shape index (κ3) is 5.50. The van der Waals surface area contributed by atoms with Crippen molar-refractivity contribution in [3.05, 3.63) is 40.5 Å². The number of thioether (sulfide) groups is 1. The number of nitrogens with zero attached hydrogens (tertiary/aromatic N) is 2. The Bertz CT molecular complexity index is 720. The van der Waals surface area contributed by atoms with Crippen LogP contribution in [0.25, 0.3) is 0 Å². The molecule has 1 aromatic heterocycles. The predicted molar refractivity (Wildman–Crippen MR) is 86.2 cm³/mol. The molecule has 24 heavy (non-hydrogen) atoms. The van der Waals surface area contributed by atoms with Gasteiger partial charge in [-0.05, 0) is 18.6 Å². The van der Waals surface area contributed by atoms with Crippen LogP contribution < -0.4 is 11.1 Å². The van der Waals surface area contributed by atoms with Gasteiger partial charge in [0, 0.05) is 22.8 Å². The molecule has 0 radical (unpaired) electrons. The quantitative estimate of drug-likeness (QED) is 0.570. The number of amides is 3. The highest BCUT2D eigenvalue weighted by Crippen LogP contribution is 2.24. The van der Waals surface area contributed by atoms with Gasteiger partial charge in [-0.1, -0.05) is 29.4 Å². The molecule has 0 fully saturated rings. The van der Waals surface area contributed by atoms with E-state index in [1.54, 1.807) is 6.07 Å². The summed E-state index contributed by atoms with van der Waals surface area (Å²) in [5.74, 6) is -0.0938. The molecule has 0 bridgehead atoms. The van der Waals surface area contributed by atoms with Crippen LogP contribution in [0.4, 0.5) is 9.18 Å². The Morgan fingerprint density at radius 2 is 2.17 bits per heavy atom. The molecule has 0 aliphatic heterocycles. The van der Waals surface area contributed by atoms with Crippen molar-refractivity contribution in [2.24, 2.45) is 5.73 Å². The molecular weight excluding hydrogens is 359 g/mol. The maximum atomic E-state index is 13.7. The minimum Gasteiger partial charge on any atom is -0.416 e. The van der Waals surface area contributed by atoms with Crippen LogP contribution in [0, 0.1) is 5.82 Å². The largest absolute Gasteiger partial charge is 0.416 e. The molecule has 0 unspecified atom stereocenters. The number of carbonyl (C=O) groups is 2. The molecular formula is C14H14ClFN4O3S. The van der Waals surface area contributed by atoms with Gasteiger partial charge in [0.05, 0.1) is 6.42 Å². The van der Waals surface area contributed by atoms with Gasteiger partial charge in [-0.3, -0.25) is 10.1 Å². The molecule has 2 rings (SSSR count). The van der Waals surface area contributed by atoms with E-state index in [1.807, 2.05) is 5.32 Å². The van der Waals surface area contributed by atoms with Crippen LogP contribution in [0.2, 0.25) is 5.02 Å². The number of nitrogens with one attached hydrogen (secondary N) is 1. The Balaban J connectivity index is 1.81. The van der Waals surface area contributed by atoms with Crippen LogP contribution in [-0.4, -0.2) is 27.9 Å². The minimum atomic E-state index is -0.874. The van der Waals surface area contributed by atoms with Crippen LogP contribution in [0.1, 0.15) is 24.3 Å². The van der Waals surface area contributed by atoms with Crippen molar-refractivity contribution in [3.8, 4) is 0 Å². The summed E-state index contributed by atoms with van der Waals surface area (Å²) < 4.78 is 19.1. The molecule has 0 spiro atoms. The van der Waals surface area contributed by atoms with Crippen molar-refractivity contribution in [2.45, 2.75) is 24.5 Å². The van der Waals surface area contributed by atoms with Crippen molar-refractivity contribution in [2.75, 3.05) is 5.75 Å². The third-order valence-electron chi connectivity index (χ3n) is 2.87. The predicted octanol–water partition coefficient (Wildman–Crippen LogP) is 2.52. The first kappa shape index (κ1) is 18.2. The highest BCUT2D eigenvalue weighted by atomic mass is 35.5. The zero-order valence-electron chi connectivity index (χ0n) is 12.4. The maximum Gasteiger partial charge on any atom is 0.318 e. The lowest BCUT2D eigenvalue weighted by molar-refractivity contribution is -0.119. The van der Waals surface area contributed by atoms with Gasteiger partial charge < -0.3 is 10.2 Å². The maximum absolute atomic E-state index is 13.7. The summed E-state index contributed by atoms with van der Waals surface area (Å²) in [4.78, 5) is 21.7. The summed E-state index contributed by atoms with van der Waals surface area (Å²) in [6.07, 6.45) is 0.752. The van der Waals surface area contributed by atoms with Crippen molar-refractivity contribution in [3.63, 3.8) is 0 Å². The van der Waals surface area contributed by atoms with E-state index in [9.17, 15) is 14.0 Å². The lowest BCUT2D eigenvalue weighted by Crippen LogP contribution is -2.34. The number of nitrogens with two attached hydrogens (primary N) is 1. The van der Waals surface area contributed by atoms with E-state index in [4.69, 9.17) is 21.8 Å². The summed E-state index contributed by atoms with van der Waals surface area (Å²) >= 11 is 7.21. The Labute approximate surface area is 146 Å². The second-order valence-corrected chi connectivity index (χ2v) is 6.16. The first-order valence-electron chi connectivity index (χ1n) is 6.93. The van der Waals surface area contributed by atoms with E-state index in [-0.39, 0.29) is 18.7 Å². The molecule has 7 nitrogen and oxygen atoms in total. The van der Waals surface area contributed by atoms with E-state index in [0.717, 1.165) is 0 Å². The van der Waals surface area contributed by atoms with Crippen LogP contribution >= 0.6 is 23.4 Å². The zero-order valence-corrected chi connectivity index (χ0v) is 14.0. The number of imide groups is 1. The van der Waals surface area contributed by atoms with Crippen molar-refractivity contribution >= 4 is 35.3 Å². The summed E-state index contributed by atoms with van der Waals surface area (Å²) in [5, 5.41) is 10.3. The van der Waals surface area contributed by atoms with Crippen LogP contribution in [-0.2, 0) is 11.2 Å². The second-order valence-electron chi connectivity index (χ2n) is 4.70. The van der Waals surface area contributed by atoms with Gasteiger partial charge in [0.1, 0.15) is 5.82 Å². The topological polar surface area (TPSA) is 111 Å². The molecule has 0 saturated heterocycles. The van der Waals surface area contributed by atoms with E-state index >= 15 is 0 Å². The summed E-state index contributed by atoms with van der Waals surface area (Å²) in [6, 6.07) is 3.54. The molecule has 1 heterocycles. The number of primary amides is 1. The highest BCUT2D eigenvalue weighted by molar-refractivity contribution is 7.99. The lowest BCUT2D eigenvalue weighted by atomic mass is 10.1. The molecule has 0 aliphatic rings. The Kier molecular flexibility index (Phi) is 6.56. The average molecular weight is 373 g/mol. The number of benzene rings is 1. The number of halogens is 2. The Morgan fingerprint density at radius 1 is 1.38 bits per heavy atom. The number of hydrogen-bond donors (Lipinski definition) is 2. The number of urea groups is 1. The summed E-state index contributed by atoms with van der Waals surface area (Å²) in [7, 11) is 0. The molecule has 0 atom stereocenters. The smallest absolute Gasteiger partial charge is 0.318 e. The van der Waals surface area contributed by atoms with Gasteiger partial charge in [-0.2, -0.15) is 0 Å². The molecule has 3 amide bonds. The van der Waals surface area contributed by atoms with Crippen LogP contribution in [0.15, 0.2) is 27.8 Å².